The molecule has 0 amide bonds. The van der Waals surface area contributed by atoms with Crippen LogP contribution in [0.5, 0.6) is 0 Å². The van der Waals surface area contributed by atoms with Crippen LogP contribution in [-0.2, 0) is 0 Å². The van der Waals surface area contributed by atoms with Crippen LogP contribution in [0.3, 0.4) is 0 Å². The molecule has 2 heteroatoms. The quantitative estimate of drug-likeness (QED) is 0.192. The maximum Gasteiger partial charge on any atom is 0.136 e. The molecule has 45 heavy (non-hydrogen) atoms. The van der Waals surface area contributed by atoms with E-state index in [1.54, 1.807) is 0 Å². The molecule has 2 aromatic heterocycles. The van der Waals surface area contributed by atoms with Gasteiger partial charge in [0.1, 0.15) is 11.2 Å². The van der Waals surface area contributed by atoms with Gasteiger partial charge in [0, 0.05) is 27.7 Å². The fourth-order valence-corrected chi connectivity index (χ4v) is 7.69. The van der Waals surface area contributed by atoms with Gasteiger partial charge in [-0.05, 0) is 103 Å². The Kier molecular flexibility index (Phi) is 5.15. The zero-order valence-corrected chi connectivity index (χ0v) is 24.5. The first-order valence-corrected chi connectivity index (χ1v) is 15.7. The van der Waals surface area contributed by atoms with Crippen molar-refractivity contribution in [1.82, 2.24) is 4.98 Å². The van der Waals surface area contributed by atoms with Crippen molar-refractivity contribution in [2.45, 2.75) is 12.8 Å². The highest BCUT2D eigenvalue weighted by atomic mass is 16.3. The van der Waals surface area contributed by atoms with Crippen LogP contribution >= 0.6 is 0 Å². The van der Waals surface area contributed by atoms with E-state index in [-0.39, 0.29) is 0 Å². The number of rotatable bonds is 2. The molecule has 7 aromatic carbocycles. The molecule has 0 radical (unpaired) electrons. The molecule has 2 heterocycles. The molecule has 0 atom stereocenters. The third-order valence-corrected chi connectivity index (χ3v) is 9.70. The molecule has 0 unspecified atom stereocenters. The molecule has 2 nitrogen and oxygen atoms in total. The van der Waals surface area contributed by atoms with Crippen molar-refractivity contribution in [3.05, 3.63) is 138 Å². The van der Waals surface area contributed by atoms with Gasteiger partial charge in [-0.15, -0.1) is 0 Å². The first-order valence-electron chi connectivity index (χ1n) is 15.7. The Balaban J connectivity index is 1.23. The lowest BCUT2D eigenvalue weighted by Gasteiger charge is -2.12. The highest BCUT2D eigenvalue weighted by Crippen LogP contribution is 2.42. The third kappa shape index (κ3) is 3.60. The number of aromatic nitrogens is 1. The first kappa shape index (κ1) is 24.7. The highest BCUT2D eigenvalue weighted by Gasteiger charge is 2.17. The van der Waals surface area contributed by atoms with Gasteiger partial charge in [-0.25, -0.2) is 0 Å². The monoisotopic (exact) mass is 573 g/mol. The Morgan fingerprint density at radius 2 is 1.16 bits per heavy atom. The lowest BCUT2D eigenvalue weighted by Crippen LogP contribution is -2.28. The molecule has 1 aliphatic carbocycles. The van der Waals surface area contributed by atoms with Crippen molar-refractivity contribution in [1.29, 1.82) is 0 Å². The first-order chi connectivity index (χ1) is 22.3. The molecule has 210 valence electrons. The van der Waals surface area contributed by atoms with Gasteiger partial charge in [0.15, 0.2) is 0 Å². The van der Waals surface area contributed by atoms with Gasteiger partial charge in [-0.1, -0.05) is 103 Å². The molecule has 0 aliphatic heterocycles. The van der Waals surface area contributed by atoms with Gasteiger partial charge in [-0.2, -0.15) is 0 Å². The Morgan fingerprint density at radius 3 is 2.02 bits per heavy atom. The Hall–Kier alpha value is -5.73. The highest BCUT2D eigenvalue weighted by molar-refractivity contribution is 6.20. The van der Waals surface area contributed by atoms with Crippen LogP contribution < -0.4 is 10.4 Å². The van der Waals surface area contributed by atoms with Crippen LogP contribution in [0.25, 0.3) is 99.6 Å². The minimum absolute atomic E-state index is 0.896. The van der Waals surface area contributed by atoms with Crippen molar-refractivity contribution in [2.75, 3.05) is 0 Å². The fourth-order valence-electron chi connectivity index (χ4n) is 7.69. The minimum atomic E-state index is 0.896. The number of pyridine rings is 1. The second-order valence-corrected chi connectivity index (χ2v) is 12.2. The summed E-state index contributed by atoms with van der Waals surface area (Å²) in [6.45, 7) is 0. The van der Waals surface area contributed by atoms with E-state index in [4.69, 9.17) is 9.40 Å². The van der Waals surface area contributed by atoms with Crippen molar-refractivity contribution < 1.29 is 4.42 Å². The molecule has 10 rings (SSSR count). The summed E-state index contributed by atoms with van der Waals surface area (Å²) in [5.41, 5.74) is 7.55. The third-order valence-electron chi connectivity index (χ3n) is 9.70. The van der Waals surface area contributed by atoms with E-state index >= 15 is 0 Å². The van der Waals surface area contributed by atoms with E-state index in [1.165, 1.54) is 59.4 Å². The van der Waals surface area contributed by atoms with Crippen molar-refractivity contribution in [3.63, 3.8) is 0 Å². The van der Waals surface area contributed by atoms with Gasteiger partial charge in [0.25, 0.3) is 0 Å². The molecule has 0 bridgehead atoms. The van der Waals surface area contributed by atoms with Crippen LogP contribution in [0.1, 0.15) is 12.8 Å². The standard InChI is InChI=1S/C43H27NO/c1-2-12-32-30(10-1)31-11-3-4-13-33(31)37-24-28(19-21-34(32)37)29-20-22-39-38(25-29)42-36(15-6-16-40(42)45-39)35-14-5-8-26-17-18-27-9-7-23-44-43(27)41(26)35/h3-25H,1-2H2. The van der Waals surface area contributed by atoms with E-state index in [0.29, 0.717) is 0 Å². The zero-order valence-electron chi connectivity index (χ0n) is 24.5. The molecular formula is C43H27NO. The van der Waals surface area contributed by atoms with Crippen molar-refractivity contribution >= 4 is 77.3 Å². The molecule has 9 aromatic rings. The summed E-state index contributed by atoms with van der Waals surface area (Å²) >= 11 is 0. The lowest BCUT2D eigenvalue weighted by molar-refractivity contribution is 0.669. The van der Waals surface area contributed by atoms with Crippen LogP contribution in [0, 0.1) is 0 Å². The molecule has 0 saturated carbocycles. The normalized spacial score (nSPS) is 13.1. The summed E-state index contributed by atoms with van der Waals surface area (Å²) < 4.78 is 6.47. The SMILES string of the molecule is C1=c2c(c3ccc(-c4ccc5oc6cccc(-c7cccc8ccc9cccnc9c78)c6c5c4)cc3c3ccccc23)=CCC1. The number of benzene rings is 7. The van der Waals surface area contributed by atoms with Crippen LogP contribution in [0.2, 0.25) is 0 Å². The predicted molar refractivity (Wildman–Crippen MR) is 190 cm³/mol. The topological polar surface area (TPSA) is 26.0 Å². The van der Waals surface area contributed by atoms with Crippen LogP contribution in [0.15, 0.2) is 132 Å². The predicted octanol–water partition coefficient (Wildman–Crippen LogP) is 10.3. The molecule has 0 spiro atoms. The Bertz CT molecular complexity index is 2820. The summed E-state index contributed by atoms with van der Waals surface area (Å²) in [5.74, 6) is 0. The fraction of sp³-hybridized carbons (Fsp3) is 0.0465. The summed E-state index contributed by atoms with van der Waals surface area (Å²) in [6, 6.07) is 43.9. The maximum atomic E-state index is 6.47. The number of nitrogens with zero attached hydrogens (tertiary/aromatic N) is 1. The van der Waals surface area contributed by atoms with Gasteiger partial charge in [-0.3, -0.25) is 4.98 Å². The molecule has 0 saturated heterocycles. The average molecular weight is 574 g/mol. The number of furan rings is 1. The second-order valence-electron chi connectivity index (χ2n) is 12.2. The summed E-state index contributed by atoms with van der Waals surface area (Å²) in [5, 5.41) is 13.8. The van der Waals surface area contributed by atoms with Crippen molar-refractivity contribution in [3.8, 4) is 22.3 Å². The number of hydrogen-bond acceptors (Lipinski definition) is 2. The summed E-state index contributed by atoms with van der Waals surface area (Å²) in [6.07, 6.45) is 8.91. The average Bonchev–Trinajstić information content (AvgIpc) is 3.49. The van der Waals surface area contributed by atoms with E-state index in [2.05, 4.69) is 127 Å². The van der Waals surface area contributed by atoms with Gasteiger partial charge < -0.3 is 4.42 Å². The minimum Gasteiger partial charge on any atom is -0.456 e. The zero-order chi connectivity index (χ0) is 29.5. The van der Waals surface area contributed by atoms with E-state index in [0.717, 1.165) is 51.2 Å². The Labute approximate surface area is 259 Å². The van der Waals surface area contributed by atoms with Crippen LogP contribution in [-0.4, -0.2) is 4.98 Å². The summed E-state index contributed by atoms with van der Waals surface area (Å²) in [7, 11) is 0. The van der Waals surface area contributed by atoms with E-state index in [9.17, 15) is 0 Å². The number of fused-ring (bicyclic) bond motifs is 12. The summed E-state index contributed by atoms with van der Waals surface area (Å²) in [4.78, 5) is 4.82. The largest absolute Gasteiger partial charge is 0.456 e. The maximum absolute atomic E-state index is 6.47. The second kappa shape index (κ2) is 9.38. The van der Waals surface area contributed by atoms with Gasteiger partial charge in [0.05, 0.1) is 5.52 Å². The van der Waals surface area contributed by atoms with Gasteiger partial charge >= 0.3 is 0 Å². The Morgan fingerprint density at radius 1 is 0.467 bits per heavy atom. The lowest BCUT2D eigenvalue weighted by atomic mass is 9.91. The molecular weight excluding hydrogens is 546 g/mol. The van der Waals surface area contributed by atoms with E-state index < -0.39 is 0 Å². The molecule has 1 aliphatic rings. The smallest absolute Gasteiger partial charge is 0.136 e. The van der Waals surface area contributed by atoms with E-state index in [1.807, 2.05) is 12.3 Å². The van der Waals surface area contributed by atoms with Crippen molar-refractivity contribution in [2.24, 2.45) is 0 Å². The number of hydrogen-bond donors (Lipinski definition) is 0. The van der Waals surface area contributed by atoms with Gasteiger partial charge in [0.2, 0.25) is 0 Å². The van der Waals surface area contributed by atoms with Crippen LogP contribution in [0.4, 0.5) is 0 Å². The molecule has 0 N–H and O–H groups in total. The molecule has 0 fully saturated rings.